The summed E-state index contributed by atoms with van der Waals surface area (Å²) in [5.41, 5.74) is 5.77. The Balaban J connectivity index is 2.76. The third-order valence-corrected chi connectivity index (χ3v) is 2.41. The number of benzene rings is 1. The van der Waals surface area contributed by atoms with Gasteiger partial charge in [0.2, 0.25) is 0 Å². The molecule has 2 rings (SSSR count). The summed E-state index contributed by atoms with van der Waals surface area (Å²) >= 11 is 0. The van der Waals surface area contributed by atoms with Crippen LogP contribution in [0.5, 0.6) is 0 Å². The summed E-state index contributed by atoms with van der Waals surface area (Å²) in [6.45, 7) is 0. The topological polar surface area (TPSA) is 75.7 Å². The quantitative estimate of drug-likeness (QED) is 0.819. The van der Waals surface area contributed by atoms with Gasteiger partial charge in [-0.05, 0) is 12.1 Å². The van der Waals surface area contributed by atoms with Gasteiger partial charge in [0.15, 0.2) is 0 Å². The third kappa shape index (κ3) is 2.04. The zero-order valence-corrected chi connectivity index (χ0v) is 9.27. The van der Waals surface area contributed by atoms with E-state index in [0.29, 0.717) is 11.0 Å². The van der Waals surface area contributed by atoms with E-state index in [2.05, 4.69) is 9.97 Å². The van der Waals surface area contributed by atoms with Crippen molar-refractivity contribution in [2.45, 2.75) is 6.43 Å². The van der Waals surface area contributed by atoms with Crippen LogP contribution >= 0.6 is 0 Å². The number of para-hydroxylation sites is 2. The van der Waals surface area contributed by atoms with E-state index in [0.717, 1.165) is 12.4 Å². The van der Waals surface area contributed by atoms with Gasteiger partial charge in [0, 0.05) is 18.0 Å². The lowest BCUT2D eigenvalue weighted by molar-refractivity contribution is 0.145. The third-order valence-electron chi connectivity index (χ3n) is 2.41. The molecule has 92 valence electrons. The minimum atomic E-state index is -2.77. The molecule has 1 aromatic carbocycles. The number of fused-ring (bicyclic) bond motifs is 1. The normalized spacial score (nSPS) is 12.1. The van der Waals surface area contributed by atoms with E-state index < -0.39 is 12.1 Å². The molecule has 0 bridgehead atoms. The summed E-state index contributed by atoms with van der Waals surface area (Å²) in [6, 6.07) is 6.70. The minimum absolute atomic E-state index is 0.0544. The van der Waals surface area contributed by atoms with Crippen molar-refractivity contribution in [2.24, 2.45) is 5.73 Å². The fraction of sp³-hybridized carbons (Fsp3) is 0.0833. The second-order valence-corrected chi connectivity index (χ2v) is 3.51. The average molecular weight is 248 g/mol. The number of nitrogens with zero attached hydrogens (tertiary/aromatic N) is 2. The Morgan fingerprint density at radius 1 is 1.22 bits per heavy atom. The first-order chi connectivity index (χ1) is 8.67. The number of hydrogen-bond acceptors (Lipinski definition) is 4. The van der Waals surface area contributed by atoms with Gasteiger partial charge in [0.25, 0.3) is 6.43 Å². The monoisotopic (exact) mass is 248 g/mol. The van der Waals surface area contributed by atoms with E-state index in [4.69, 9.17) is 11.1 Å². The molecule has 0 saturated heterocycles. The van der Waals surface area contributed by atoms with Gasteiger partial charge in [0.1, 0.15) is 11.4 Å². The van der Waals surface area contributed by atoms with Gasteiger partial charge < -0.3 is 11.1 Å². The van der Waals surface area contributed by atoms with Gasteiger partial charge in [-0.15, -0.1) is 0 Å². The molecule has 0 spiro atoms. The van der Waals surface area contributed by atoms with Gasteiger partial charge in [-0.1, -0.05) is 12.1 Å². The summed E-state index contributed by atoms with van der Waals surface area (Å²) < 4.78 is 25.9. The van der Waals surface area contributed by atoms with Gasteiger partial charge in [-0.25, -0.2) is 18.7 Å². The largest absolute Gasteiger partial charge is 0.404 e. The van der Waals surface area contributed by atoms with Gasteiger partial charge in [-0.2, -0.15) is 0 Å². The molecule has 6 heteroatoms. The molecular weight excluding hydrogens is 238 g/mol. The molecule has 0 saturated carbocycles. The summed E-state index contributed by atoms with van der Waals surface area (Å²) in [5.74, 6) is 0. The first-order valence-electron chi connectivity index (χ1n) is 5.15. The molecule has 0 aliphatic rings. The lowest BCUT2D eigenvalue weighted by atomic mass is 10.1. The number of hydrogen-bond donors (Lipinski definition) is 2. The Kier molecular flexibility index (Phi) is 3.27. The molecule has 0 amide bonds. The number of allylic oxidation sites excluding steroid dienone is 1. The highest BCUT2D eigenvalue weighted by Gasteiger charge is 2.19. The molecular formula is C12H10F2N4. The van der Waals surface area contributed by atoms with E-state index in [1.807, 2.05) is 0 Å². The molecule has 0 radical (unpaired) electrons. The van der Waals surface area contributed by atoms with Crippen molar-refractivity contribution in [3.63, 3.8) is 0 Å². The molecule has 0 atom stereocenters. The molecule has 0 aliphatic carbocycles. The minimum Gasteiger partial charge on any atom is -0.404 e. The smallest absolute Gasteiger partial charge is 0.282 e. The average Bonchev–Trinajstić information content (AvgIpc) is 2.39. The Bertz CT molecular complexity index is 623. The maximum atomic E-state index is 12.9. The first kappa shape index (κ1) is 12.1. The van der Waals surface area contributed by atoms with Crippen LogP contribution in [0.1, 0.15) is 17.8 Å². The lowest BCUT2D eigenvalue weighted by Gasteiger charge is -2.08. The van der Waals surface area contributed by atoms with E-state index in [-0.39, 0.29) is 11.3 Å². The summed E-state index contributed by atoms with van der Waals surface area (Å²) in [6.07, 6.45) is -0.825. The number of alkyl halides is 2. The molecule has 3 N–H and O–H groups in total. The molecule has 0 fully saturated rings. The van der Waals surface area contributed by atoms with Crippen molar-refractivity contribution >= 4 is 22.8 Å². The van der Waals surface area contributed by atoms with Crippen LogP contribution in [-0.4, -0.2) is 16.2 Å². The van der Waals surface area contributed by atoms with Crippen LogP contribution in [0.4, 0.5) is 8.78 Å². The Morgan fingerprint density at radius 3 is 2.33 bits per heavy atom. The van der Waals surface area contributed by atoms with Crippen molar-refractivity contribution < 1.29 is 8.78 Å². The maximum Gasteiger partial charge on any atom is 0.282 e. The number of aromatic nitrogens is 2. The zero-order chi connectivity index (χ0) is 13.1. The number of nitrogens with two attached hydrogens (primary N) is 1. The molecule has 18 heavy (non-hydrogen) atoms. The van der Waals surface area contributed by atoms with Crippen LogP contribution in [0.2, 0.25) is 0 Å². The van der Waals surface area contributed by atoms with Crippen molar-refractivity contribution in [2.75, 3.05) is 0 Å². The van der Waals surface area contributed by atoms with Crippen LogP contribution in [0, 0.1) is 5.41 Å². The van der Waals surface area contributed by atoms with Crippen molar-refractivity contribution in [3.8, 4) is 0 Å². The second-order valence-electron chi connectivity index (χ2n) is 3.51. The number of nitrogens with one attached hydrogen (secondary N) is 1. The maximum absolute atomic E-state index is 12.9. The van der Waals surface area contributed by atoms with E-state index in [1.54, 1.807) is 24.3 Å². The fourth-order valence-corrected chi connectivity index (χ4v) is 1.57. The number of halogens is 2. The standard InChI is InChI=1S/C12H10F2N4/c13-12(14)11-10(7(5-15)6-16)17-8-3-1-2-4-9(8)18-11/h1-6,12,15H,16H2. The molecule has 4 nitrogen and oxygen atoms in total. The number of rotatable bonds is 3. The van der Waals surface area contributed by atoms with Crippen molar-refractivity contribution in [1.82, 2.24) is 9.97 Å². The summed E-state index contributed by atoms with van der Waals surface area (Å²) in [5, 5.41) is 7.16. The Hall–Kier alpha value is -2.37. The van der Waals surface area contributed by atoms with Gasteiger partial charge >= 0.3 is 0 Å². The predicted molar refractivity (Wildman–Crippen MR) is 65.4 cm³/mol. The van der Waals surface area contributed by atoms with Crippen LogP contribution < -0.4 is 5.73 Å². The van der Waals surface area contributed by atoms with Crippen LogP contribution in [0.3, 0.4) is 0 Å². The van der Waals surface area contributed by atoms with Crippen molar-refractivity contribution in [3.05, 3.63) is 41.9 Å². The molecule has 0 aliphatic heterocycles. The summed E-state index contributed by atoms with van der Waals surface area (Å²) in [7, 11) is 0. The van der Waals surface area contributed by atoms with Crippen molar-refractivity contribution in [1.29, 1.82) is 5.41 Å². The van der Waals surface area contributed by atoms with Crippen LogP contribution in [0.25, 0.3) is 16.6 Å². The highest BCUT2D eigenvalue weighted by atomic mass is 19.3. The molecule has 2 aromatic rings. The van der Waals surface area contributed by atoms with E-state index >= 15 is 0 Å². The molecule has 1 aromatic heterocycles. The highest BCUT2D eigenvalue weighted by molar-refractivity contribution is 6.08. The predicted octanol–water partition coefficient (Wildman–Crippen LogP) is 2.52. The van der Waals surface area contributed by atoms with Crippen LogP contribution in [-0.2, 0) is 0 Å². The van der Waals surface area contributed by atoms with Gasteiger partial charge in [-0.3, -0.25) is 0 Å². The summed E-state index contributed by atoms with van der Waals surface area (Å²) in [4.78, 5) is 7.98. The zero-order valence-electron chi connectivity index (χ0n) is 9.27. The SMILES string of the molecule is N=CC(=CN)c1nc2ccccc2nc1C(F)F. The Labute approximate surface area is 102 Å². The van der Waals surface area contributed by atoms with Crippen LogP contribution in [0.15, 0.2) is 30.5 Å². The molecule has 1 heterocycles. The van der Waals surface area contributed by atoms with E-state index in [1.165, 1.54) is 0 Å². The first-order valence-corrected chi connectivity index (χ1v) is 5.15. The fourth-order valence-electron chi connectivity index (χ4n) is 1.57. The second kappa shape index (κ2) is 4.87. The lowest BCUT2D eigenvalue weighted by Crippen LogP contribution is -2.04. The molecule has 0 unspecified atom stereocenters. The highest BCUT2D eigenvalue weighted by Crippen LogP contribution is 2.26. The van der Waals surface area contributed by atoms with Gasteiger partial charge in [0.05, 0.1) is 11.0 Å². The Morgan fingerprint density at radius 2 is 1.83 bits per heavy atom. The van der Waals surface area contributed by atoms with E-state index in [9.17, 15) is 8.78 Å².